The standard InChI is InChI=1S/C20H13N/c21-20-12-6-5-11-18(20)19-13-14-7-1-2-8-15(14)16-9-3-4-10-17(16)19/h1,3-7,9-13H,21H2. The Bertz CT molecular complexity index is 954. The number of nitrogen functional groups attached to an aromatic ring is 1. The average Bonchev–Trinajstić information content (AvgIpc) is 2.55. The average molecular weight is 267 g/mol. The molecule has 0 spiro atoms. The van der Waals surface area contributed by atoms with Gasteiger partial charge in [0.1, 0.15) is 0 Å². The molecule has 1 nitrogen and oxygen atoms in total. The van der Waals surface area contributed by atoms with Crippen LogP contribution in [0.25, 0.3) is 32.7 Å². The van der Waals surface area contributed by atoms with Gasteiger partial charge in [0.05, 0.1) is 0 Å². The van der Waals surface area contributed by atoms with Gasteiger partial charge in [-0.25, -0.2) is 0 Å². The number of hydrogen-bond donors (Lipinski definition) is 1. The van der Waals surface area contributed by atoms with Crippen LogP contribution < -0.4 is 5.73 Å². The van der Waals surface area contributed by atoms with E-state index in [1.165, 1.54) is 10.8 Å². The van der Waals surface area contributed by atoms with Gasteiger partial charge in [-0.1, -0.05) is 54.6 Å². The molecule has 0 bridgehead atoms. The lowest BCUT2D eigenvalue weighted by atomic mass is 9.93. The molecule has 21 heavy (non-hydrogen) atoms. The van der Waals surface area contributed by atoms with E-state index in [-0.39, 0.29) is 0 Å². The van der Waals surface area contributed by atoms with E-state index in [9.17, 15) is 0 Å². The molecular formula is C20H13N. The van der Waals surface area contributed by atoms with Crippen LogP contribution in [0.1, 0.15) is 0 Å². The lowest BCUT2D eigenvalue weighted by molar-refractivity contribution is 1.65. The van der Waals surface area contributed by atoms with Gasteiger partial charge in [0.2, 0.25) is 0 Å². The molecule has 0 aliphatic heterocycles. The van der Waals surface area contributed by atoms with Crippen molar-refractivity contribution in [3.8, 4) is 11.1 Å². The Labute approximate surface area is 123 Å². The molecule has 4 rings (SSSR count). The van der Waals surface area contributed by atoms with Gasteiger partial charge in [0.25, 0.3) is 0 Å². The molecule has 2 N–H and O–H groups in total. The van der Waals surface area contributed by atoms with E-state index >= 15 is 0 Å². The summed E-state index contributed by atoms with van der Waals surface area (Å²) >= 11 is 0. The van der Waals surface area contributed by atoms with Crippen LogP contribution in [-0.2, 0) is 0 Å². The van der Waals surface area contributed by atoms with E-state index in [0.29, 0.717) is 0 Å². The van der Waals surface area contributed by atoms with Crippen LogP contribution in [0, 0.1) is 12.1 Å². The van der Waals surface area contributed by atoms with Gasteiger partial charge in [-0.15, -0.1) is 0 Å². The highest BCUT2D eigenvalue weighted by molar-refractivity contribution is 6.13. The number of fused-ring (bicyclic) bond motifs is 3. The van der Waals surface area contributed by atoms with Crippen molar-refractivity contribution in [2.75, 3.05) is 5.73 Å². The molecule has 4 aromatic carbocycles. The predicted octanol–water partition coefficient (Wildman–Crippen LogP) is 4.84. The zero-order valence-corrected chi connectivity index (χ0v) is 11.4. The maximum atomic E-state index is 6.17. The highest BCUT2D eigenvalue weighted by Crippen LogP contribution is 2.36. The van der Waals surface area contributed by atoms with Gasteiger partial charge >= 0.3 is 0 Å². The summed E-state index contributed by atoms with van der Waals surface area (Å²) in [5, 5.41) is 4.64. The maximum Gasteiger partial charge on any atom is 0.0400 e. The van der Waals surface area contributed by atoms with Crippen molar-refractivity contribution in [2.24, 2.45) is 0 Å². The third kappa shape index (κ3) is 1.81. The molecule has 0 aliphatic carbocycles. The fourth-order valence-electron chi connectivity index (χ4n) is 2.88. The van der Waals surface area contributed by atoms with E-state index in [4.69, 9.17) is 5.73 Å². The van der Waals surface area contributed by atoms with Gasteiger partial charge in [0, 0.05) is 16.6 Å². The van der Waals surface area contributed by atoms with E-state index in [1.54, 1.807) is 0 Å². The summed E-state index contributed by atoms with van der Waals surface area (Å²) in [7, 11) is 0. The second-order valence-electron chi connectivity index (χ2n) is 5.12. The maximum absolute atomic E-state index is 6.17. The first kappa shape index (κ1) is 11.8. The summed E-state index contributed by atoms with van der Waals surface area (Å²) in [4.78, 5) is 0. The van der Waals surface area contributed by atoms with Crippen molar-refractivity contribution in [2.45, 2.75) is 0 Å². The molecule has 0 aliphatic rings. The van der Waals surface area contributed by atoms with Crippen molar-refractivity contribution in [3.05, 3.63) is 78.9 Å². The molecular weight excluding hydrogens is 254 g/mol. The van der Waals surface area contributed by atoms with Crippen LogP contribution in [0.3, 0.4) is 0 Å². The molecule has 0 amide bonds. The Balaban J connectivity index is 2.20. The largest absolute Gasteiger partial charge is 0.398 e. The quantitative estimate of drug-likeness (QED) is 0.490. The Morgan fingerprint density at radius 1 is 0.762 bits per heavy atom. The summed E-state index contributed by atoms with van der Waals surface area (Å²) in [6.07, 6.45) is 0. The van der Waals surface area contributed by atoms with Crippen molar-refractivity contribution in [3.63, 3.8) is 0 Å². The highest BCUT2D eigenvalue weighted by atomic mass is 14.6. The number of para-hydroxylation sites is 1. The lowest BCUT2D eigenvalue weighted by Crippen LogP contribution is -1.90. The van der Waals surface area contributed by atoms with Crippen LogP contribution >= 0.6 is 0 Å². The third-order valence-corrected chi connectivity index (χ3v) is 3.87. The fourth-order valence-corrected chi connectivity index (χ4v) is 2.88. The molecule has 4 aromatic rings. The Morgan fingerprint density at radius 3 is 2.38 bits per heavy atom. The fraction of sp³-hybridized carbons (Fsp3) is 0. The molecule has 0 atom stereocenters. The van der Waals surface area contributed by atoms with E-state index in [2.05, 4.69) is 54.6 Å². The Kier molecular flexibility index (Phi) is 2.55. The zero-order valence-electron chi connectivity index (χ0n) is 11.4. The minimum Gasteiger partial charge on any atom is -0.398 e. The second kappa shape index (κ2) is 4.54. The summed E-state index contributed by atoms with van der Waals surface area (Å²) in [6, 6.07) is 28.8. The number of anilines is 1. The van der Waals surface area contributed by atoms with Gasteiger partial charge in [0.15, 0.2) is 0 Å². The number of nitrogens with two attached hydrogens (primary N) is 1. The predicted molar refractivity (Wildman–Crippen MR) is 89.0 cm³/mol. The van der Waals surface area contributed by atoms with Crippen LogP contribution in [0.4, 0.5) is 5.69 Å². The lowest BCUT2D eigenvalue weighted by Gasteiger charge is -2.11. The monoisotopic (exact) mass is 267 g/mol. The van der Waals surface area contributed by atoms with Crippen molar-refractivity contribution in [1.29, 1.82) is 0 Å². The number of rotatable bonds is 1. The SMILES string of the molecule is Nc1ccccc1-c1cc2ccc#cc2c2ccccc12. The van der Waals surface area contributed by atoms with Crippen LogP contribution in [-0.4, -0.2) is 0 Å². The number of hydrogen-bond acceptors (Lipinski definition) is 1. The first-order chi connectivity index (χ1) is 10.3. The molecule has 0 unspecified atom stereocenters. The summed E-state index contributed by atoms with van der Waals surface area (Å²) < 4.78 is 0. The molecule has 98 valence electrons. The summed E-state index contributed by atoms with van der Waals surface area (Å²) in [5.74, 6) is 0. The molecule has 0 saturated heterocycles. The van der Waals surface area contributed by atoms with Crippen LogP contribution in [0.15, 0.2) is 66.7 Å². The second-order valence-corrected chi connectivity index (χ2v) is 5.12. The first-order valence-corrected chi connectivity index (χ1v) is 6.93. The van der Waals surface area contributed by atoms with Gasteiger partial charge in [-0.3, -0.25) is 0 Å². The van der Waals surface area contributed by atoms with Crippen LogP contribution in [0.5, 0.6) is 0 Å². The first-order valence-electron chi connectivity index (χ1n) is 6.93. The Morgan fingerprint density at radius 2 is 1.52 bits per heavy atom. The highest BCUT2D eigenvalue weighted by Gasteiger charge is 2.09. The minimum atomic E-state index is 0.800. The molecule has 1 heteroatoms. The summed E-state index contributed by atoms with van der Waals surface area (Å²) in [6.45, 7) is 0. The number of benzene rings is 3. The topological polar surface area (TPSA) is 26.0 Å². The van der Waals surface area contributed by atoms with Crippen LogP contribution in [0.2, 0.25) is 0 Å². The van der Waals surface area contributed by atoms with E-state index in [0.717, 1.165) is 27.6 Å². The van der Waals surface area contributed by atoms with Gasteiger partial charge < -0.3 is 5.73 Å². The van der Waals surface area contributed by atoms with Gasteiger partial charge in [-0.05, 0) is 46.0 Å². The van der Waals surface area contributed by atoms with Crippen molar-refractivity contribution >= 4 is 27.2 Å². The molecule has 0 radical (unpaired) electrons. The molecule has 0 saturated carbocycles. The van der Waals surface area contributed by atoms with Crippen molar-refractivity contribution in [1.82, 2.24) is 0 Å². The van der Waals surface area contributed by atoms with E-state index < -0.39 is 0 Å². The normalized spacial score (nSPS) is 10.7. The Hall–Kier alpha value is -2.98. The van der Waals surface area contributed by atoms with Crippen molar-refractivity contribution < 1.29 is 0 Å². The molecule has 0 aromatic heterocycles. The smallest absolute Gasteiger partial charge is 0.0400 e. The van der Waals surface area contributed by atoms with E-state index in [1.807, 2.05) is 24.3 Å². The molecule has 0 fully saturated rings. The summed E-state index contributed by atoms with van der Waals surface area (Å²) in [5.41, 5.74) is 9.21. The molecule has 0 heterocycles. The third-order valence-electron chi connectivity index (χ3n) is 3.87. The minimum absolute atomic E-state index is 0.800. The van der Waals surface area contributed by atoms with Gasteiger partial charge in [-0.2, -0.15) is 0 Å². The zero-order chi connectivity index (χ0) is 14.2.